The van der Waals surface area contributed by atoms with Crippen molar-refractivity contribution in [3.05, 3.63) is 0 Å². The zero-order valence-electron chi connectivity index (χ0n) is 9.74. The Morgan fingerprint density at radius 1 is 1.44 bits per heavy atom. The van der Waals surface area contributed by atoms with Gasteiger partial charge in [-0.25, -0.2) is 4.79 Å². The van der Waals surface area contributed by atoms with Crippen molar-refractivity contribution in [3.63, 3.8) is 0 Å². The Hall–Kier alpha value is -1.26. The number of carboxylic acid groups (broad SMARTS) is 1. The summed E-state index contributed by atoms with van der Waals surface area (Å²) in [5.41, 5.74) is 0. The van der Waals surface area contributed by atoms with Gasteiger partial charge in [-0.3, -0.25) is 4.79 Å². The summed E-state index contributed by atoms with van der Waals surface area (Å²) < 4.78 is 0. The largest absolute Gasteiger partial charge is 0.481 e. The number of amides is 2. The maximum Gasteiger partial charge on any atom is 0.317 e. The van der Waals surface area contributed by atoms with Crippen LogP contribution < -0.4 is 5.32 Å². The molecule has 92 valence electrons. The van der Waals surface area contributed by atoms with Gasteiger partial charge in [-0.15, -0.1) is 0 Å². The van der Waals surface area contributed by atoms with Crippen molar-refractivity contribution >= 4 is 12.0 Å². The maximum atomic E-state index is 11.7. The number of rotatable bonds is 6. The van der Waals surface area contributed by atoms with Crippen LogP contribution >= 0.6 is 0 Å². The van der Waals surface area contributed by atoms with Crippen LogP contribution in [0.5, 0.6) is 0 Å². The van der Waals surface area contributed by atoms with E-state index in [1.807, 2.05) is 11.8 Å². The van der Waals surface area contributed by atoms with Crippen molar-refractivity contribution in [2.24, 2.45) is 0 Å². The molecule has 0 aliphatic heterocycles. The van der Waals surface area contributed by atoms with E-state index in [9.17, 15) is 9.59 Å². The Morgan fingerprint density at radius 2 is 2.12 bits per heavy atom. The lowest BCUT2D eigenvalue weighted by Crippen LogP contribution is -2.49. The highest BCUT2D eigenvalue weighted by Gasteiger charge is 2.27. The minimum atomic E-state index is -0.819. The molecule has 1 fully saturated rings. The summed E-state index contributed by atoms with van der Waals surface area (Å²) >= 11 is 0. The van der Waals surface area contributed by atoms with E-state index in [1.54, 1.807) is 0 Å². The number of hydrogen-bond acceptors (Lipinski definition) is 2. The molecule has 0 bridgehead atoms. The molecule has 0 spiro atoms. The quantitative estimate of drug-likeness (QED) is 0.676. The van der Waals surface area contributed by atoms with Gasteiger partial charge < -0.3 is 15.3 Å². The van der Waals surface area contributed by atoms with Crippen LogP contribution in [0.3, 0.4) is 0 Å². The first-order chi connectivity index (χ1) is 7.65. The van der Waals surface area contributed by atoms with E-state index in [0.29, 0.717) is 19.0 Å². The van der Waals surface area contributed by atoms with Crippen LogP contribution in [0.4, 0.5) is 4.79 Å². The van der Waals surface area contributed by atoms with Crippen molar-refractivity contribution in [3.8, 4) is 0 Å². The van der Waals surface area contributed by atoms with Gasteiger partial charge in [0.05, 0.1) is 0 Å². The smallest absolute Gasteiger partial charge is 0.317 e. The fourth-order valence-electron chi connectivity index (χ4n) is 1.80. The molecular weight excluding hydrogens is 208 g/mol. The Bertz CT molecular complexity index is 252. The van der Waals surface area contributed by atoms with E-state index in [0.717, 1.165) is 19.4 Å². The van der Waals surface area contributed by atoms with Crippen molar-refractivity contribution in [2.45, 2.75) is 45.1 Å². The summed E-state index contributed by atoms with van der Waals surface area (Å²) in [5.74, 6) is -0.819. The Labute approximate surface area is 95.8 Å². The minimum absolute atomic E-state index is 0.0578. The molecule has 0 atom stereocenters. The molecule has 1 rings (SSSR count). The molecule has 2 amide bonds. The molecular formula is C11H20N2O3. The van der Waals surface area contributed by atoms with Crippen LogP contribution in [-0.2, 0) is 4.79 Å². The van der Waals surface area contributed by atoms with Gasteiger partial charge in [-0.1, -0.05) is 0 Å². The molecule has 0 heterocycles. The summed E-state index contributed by atoms with van der Waals surface area (Å²) in [5, 5.41) is 11.2. The van der Waals surface area contributed by atoms with E-state index in [-0.39, 0.29) is 12.5 Å². The van der Waals surface area contributed by atoms with Crippen LogP contribution in [0.1, 0.15) is 39.0 Å². The van der Waals surface area contributed by atoms with Gasteiger partial charge in [-0.05, 0) is 32.6 Å². The van der Waals surface area contributed by atoms with Crippen LogP contribution in [0, 0.1) is 0 Å². The fraction of sp³-hybridized carbons (Fsp3) is 0.818. The van der Waals surface area contributed by atoms with Gasteiger partial charge >= 0.3 is 12.0 Å². The van der Waals surface area contributed by atoms with Crippen LogP contribution in [0.2, 0.25) is 0 Å². The number of carbonyl (C=O) groups excluding carboxylic acids is 1. The van der Waals surface area contributed by atoms with E-state index >= 15 is 0 Å². The standard InChI is InChI=1S/C11H20N2O3/c1-2-13(9-5-3-6-9)11(16)12-8-4-7-10(14)15/h9H,2-8H2,1H3,(H,12,16)(H,14,15). The first kappa shape index (κ1) is 12.8. The third kappa shape index (κ3) is 3.72. The molecule has 5 heteroatoms. The second-order valence-corrected chi connectivity index (χ2v) is 4.10. The van der Waals surface area contributed by atoms with Crippen molar-refractivity contribution in [1.29, 1.82) is 0 Å². The predicted octanol–water partition coefficient (Wildman–Crippen LogP) is 1.44. The highest BCUT2D eigenvalue weighted by Crippen LogP contribution is 2.24. The molecule has 16 heavy (non-hydrogen) atoms. The molecule has 1 aliphatic carbocycles. The molecule has 0 unspecified atom stereocenters. The monoisotopic (exact) mass is 228 g/mol. The number of nitrogens with one attached hydrogen (secondary N) is 1. The summed E-state index contributed by atoms with van der Waals surface area (Å²) in [7, 11) is 0. The number of nitrogens with zero attached hydrogens (tertiary/aromatic N) is 1. The molecule has 2 N–H and O–H groups in total. The predicted molar refractivity (Wildman–Crippen MR) is 60.3 cm³/mol. The van der Waals surface area contributed by atoms with E-state index in [2.05, 4.69) is 5.32 Å². The van der Waals surface area contributed by atoms with Gasteiger partial charge in [0, 0.05) is 25.6 Å². The third-order valence-corrected chi connectivity index (χ3v) is 2.96. The average Bonchev–Trinajstić information content (AvgIpc) is 2.17. The summed E-state index contributed by atoms with van der Waals surface area (Å²) in [6, 6.07) is 0.335. The number of hydrogen-bond donors (Lipinski definition) is 2. The van der Waals surface area contributed by atoms with Crippen molar-refractivity contribution in [1.82, 2.24) is 10.2 Å². The molecule has 0 radical (unpaired) electrons. The summed E-state index contributed by atoms with van der Waals surface area (Å²) in [4.78, 5) is 23.8. The second-order valence-electron chi connectivity index (χ2n) is 4.10. The molecule has 5 nitrogen and oxygen atoms in total. The van der Waals surface area contributed by atoms with Gasteiger partial charge in [0.1, 0.15) is 0 Å². The highest BCUT2D eigenvalue weighted by molar-refractivity contribution is 5.74. The van der Waals surface area contributed by atoms with Crippen molar-refractivity contribution in [2.75, 3.05) is 13.1 Å². The molecule has 0 saturated heterocycles. The second kappa shape index (κ2) is 6.35. The summed E-state index contributed by atoms with van der Waals surface area (Å²) in [6.45, 7) is 3.12. The molecule has 1 aliphatic rings. The minimum Gasteiger partial charge on any atom is -0.481 e. The number of carbonyl (C=O) groups is 2. The summed E-state index contributed by atoms with van der Waals surface area (Å²) in [6.07, 6.45) is 3.99. The van der Waals surface area contributed by atoms with Gasteiger partial charge in [-0.2, -0.15) is 0 Å². The lowest BCUT2D eigenvalue weighted by atomic mass is 9.92. The Balaban J connectivity index is 2.19. The van der Waals surface area contributed by atoms with Crippen LogP contribution in [0.25, 0.3) is 0 Å². The molecule has 0 aromatic carbocycles. The van der Waals surface area contributed by atoms with Crippen LogP contribution in [0.15, 0.2) is 0 Å². The van der Waals surface area contributed by atoms with E-state index < -0.39 is 5.97 Å². The molecule has 0 aromatic rings. The zero-order chi connectivity index (χ0) is 12.0. The van der Waals surface area contributed by atoms with Gasteiger partial charge in [0.25, 0.3) is 0 Å². The molecule has 1 saturated carbocycles. The Morgan fingerprint density at radius 3 is 2.56 bits per heavy atom. The third-order valence-electron chi connectivity index (χ3n) is 2.96. The number of urea groups is 1. The SMILES string of the molecule is CCN(C(=O)NCCCC(=O)O)C1CCC1. The van der Waals surface area contributed by atoms with Crippen LogP contribution in [-0.4, -0.2) is 41.1 Å². The Kier molecular flexibility index (Phi) is 5.08. The fourth-order valence-corrected chi connectivity index (χ4v) is 1.80. The first-order valence-electron chi connectivity index (χ1n) is 5.91. The van der Waals surface area contributed by atoms with Crippen molar-refractivity contribution < 1.29 is 14.7 Å². The maximum absolute atomic E-state index is 11.7. The van der Waals surface area contributed by atoms with E-state index in [1.165, 1.54) is 6.42 Å². The van der Waals surface area contributed by atoms with Gasteiger partial charge in [0.2, 0.25) is 0 Å². The number of aliphatic carboxylic acids is 1. The first-order valence-corrected chi connectivity index (χ1v) is 5.91. The lowest BCUT2D eigenvalue weighted by molar-refractivity contribution is -0.137. The normalized spacial score (nSPS) is 15.3. The van der Waals surface area contributed by atoms with Gasteiger partial charge in [0.15, 0.2) is 0 Å². The molecule has 0 aromatic heterocycles. The number of carboxylic acids is 1. The van der Waals surface area contributed by atoms with E-state index in [4.69, 9.17) is 5.11 Å². The topological polar surface area (TPSA) is 69.6 Å². The average molecular weight is 228 g/mol. The lowest BCUT2D eigenvalue weighted by Gasteiger charge is -2.36. The zero-order valence-corrected chi connectivity index (χ0v) is 9.74. The highest BCUT2D eigenvalue weighted by atomic mass is 16.4.